The topological polar surface area (TPSA) is 92.6 Å². The molecule has 0 aromatic carbocycles. The van der Waals surface area contributed by atoms with Crippen molar-refractivity contribution in [3.8, 4) is 5.88 Å². The summed E-state index contributed by atoms with van der Waals surface area (Å²) in [6.45, 7) is 13.6. The number of hydrogen-bond donors (Lipinski definition) is 3. The molecule has 7 nitrogen and oxygen atoms in total. The second kappa shape index (κ2) is 9.07. The van der Waals surface area contributed by atoms with Crippen LogP contribution in [0.25, 0.3) is 0 Å². The molecule has 0 unspecified atom stereocenters. The van der Waals surface area contributed by atoms with Crippen LogP contribution in [-0.4, -0.2) is 47.8 Å². The molecule has 1 aromatic heterocycles. The number of aryl methyl sites for hydroxylation is 1. The Morgan fingerprint density at radius 1 is 1.12 bits per heavy atom. The van der Waals surface area contributed by atoms with E-state index in [0.29, 0.717) is 26.3 Å². The Bertz CT molecular complexity index is 620. The van der Waals surface area contributed by atoms with Gasteiger partial charge in [-0.05, 0) is 12.5 Å². The fraction of sp³-hybridized carbons (Fsp3) is 0.684. The van der Waals surface area contributed by atoms with E-state index in [2.05, 4.69) is 10.6 Å². The number of nitrogens with zero attached hydrogens (tertiary/aromatic N) is 1. The number of amides is 2. The summed E-state index contributed by atoms with van der Waals surface area (Å²) in [7, 11) is 0. The molecule has 0 aliphatic heterocycles. The average molecular weight is 367 g/mol. The van der Waals surface area contributed by atoms with Crippen molar-refractivity contribution in [3.63, 3.8) is 0 Å². The van der Waals surface area contributed by atoms with Crippen LogP contribution in [0.2, 0.25) is 0 Å². The van der Waals surface area contributed by atoms with Gasteiger partial charge in [-0.25, -0.2) is 0 Å². The molecule has 0 aliphatic rings. The Balaban J connectivity index is 2.35. The van der Waals surface area contributed by atoms with Gasteiger partial charge in [0.05, 0.1) is 13.2 Å². The van der Waals surface area contributed by atoms with Crippen molar-refractivity contribution in [2.75, 3.05) is 26.3 Å². The summed E-state index contributed by atoms with van der Waals surface area (Å²) in [6.07, 6.45) is 1.74. The summed E-state index contributed by atoms with van der Waals surface area (Å²) in [4.78, 5) is 23.1. The SMILES string of the molecule is CC(=O)NCC(C)(C)COCC(C)(C)CNC(=O)Cn1cc(C)cc1O. The Hall–Kier alpha value is -2.02. The highest BCUT2D eigenvalue weighted by molar-refractivity contribution is 5.76. The van der Waals surface area contributed by atoms with Crippen LogP contribution in [0.15, 0.2) is 12.3 Å². The van der Waals surface area contributed by atoms with Crippen molar-refractivity contribution in [1.82, 2.24) is 15.2 Å². The molecular weight excluding hydrogens is 334 g/mol. The fourth-order valence-corrected chi connectivity index (χ4v) is 2.38. The summed E-state index contributed by atoms with van der Waals surface area (Å²) in [5.74, 6) is -0.123. The van der Waals surface area contributed by atoms with Crippen LogP contribution in [0.3, 0.4) is 0 Å². The van der Waals surface area contributed by atoms with Gasteiger partial charge in [0.15, 0.2) is 5.88 Å². The number of ether oxygens (including phenoxy) is 1. The number of aromatic nitrogens is 1. The molecule has 26 heavy (non-hydrogen) atoms. The third-order valence-corrected chi connectivity index (χ3v) is 3.89. The van der Waals surface area contributed by atoms with Crippen LogP contribution < -0.4 is 10.6 Å². The van der Waals surface area contributed by atoms with Crippen LogP contribution in [0.5, 0.6) is 5.88 Å². The van der Waals surface area contributed by atoms with E-state index in [1.54, 1.807) is 12.3 Å². The first-order valence-electron chi connectivity index (χ1n) is 8.85. The molecule has 7 heteroatoms. The Morgan fingerprint density at radius 3 is 2.12 bits per heavy atom. The number of rotatable bonds is 10. The molecule has 0 aliphatic carbocycles. The van der Waals surface area contributed by atoms with E-state index in [0.717, 1.165) is 5.56 Å². The first kappa shape index (κ1) is 22.0. The largest absolute Gasteiger partial charge is 0.494 e. The Morgan fingerprint density at radius 2 is 1.65 bits per heavy atom. The van der Waals surface area contributed by atoms with Crippen LogP contribution in [0.4, 0.5) is 0 Å². The van der Waals surface area contributed by atoms with Gasteiger partial charge in [0.1, 0.15) is 6.54 Å². The van der Waals surface area contributed by atoms with E-state index in [1.165, 1.54) is 11.5 Å². The molecule has 3 N–H and O–H groups in total. The van der Waals surface area contributed by atoms with Gasteiger partial charge in [-0.15, -0.1) is 0 Å². The Labute approximate surface area is 156 Å². The van der Waals surface area contributed by atoms with E-state index >= 15 is 0 Å². The minimum atomic E-state index is -0.228. The molecule has 0 spiro atoms. The molecule has 0 radical (unpaired) electrons. The highest BCUT2D eigenvalue weighted by atomic mass is 16.5. The first-order chi connectivity index (χ1) is 11.9. The number of hydrogen-bond acceptors (Lipinski definition) is 4. The van der Waals surface area contributed by atoms with Crippen molar-refractivity contribution >= 4 is 11.8 Å². The van der Waals surface area contributed by atoms with E-state index in [-0.39, 0.29) is 35.1 Å². The van der Waals surface area contributed by atoms with Crippen molar-refractivity contribution < 1.29 is 19.4 Å². The number of carbonyl (C=O) groups is 2. The van der Waals surface area contributed by atoms with E-state index in [9.17, 15) is 14.7 Å². The second-order valence-corrected chi connectivity index (χ2v) is 8.51. The van der Waals surface area contributed by atoms with Gasteiger partial charge in [0, 0.05) is 43.1 Å². The van der Waals surface area contributed by atoms with E-state index < -0.39 is 0 Å². The Kier molecular flexibility index (Phi) is 7.68. The van der Waals surface area contributed by atoms with E-state index in [1.807, 2.05) is 34.6 Å². The lowest BCUT2D eigenvalue weighted by molar-refractivity contribution is -0.122. The van der Waals surface area contributed by atoms with Crippen LogP contribution in [0, 0.1) is 17.8 Å². The van der Waals surface area contributed by atoms with Crippen molar-refractivity contribution in [3.05, 3.63) is 17.8 Å². The monoisotopic (exact) mass is 367 g/mol. The molecule has 0 saturated carbocycles. The summed E-state index contributed by atoms with van der Waals surface area (Å²) < 4.78 is 7.33. The van der Waals surface area contributed by atoms with Gasteiger partial charge in [-0.1, -0.05) is 27.7 Å². The van der Waals surface area contributed by atoms with Crippen molar-refractivity contribution in [1.29, 1.82) is 0 Å². The molecular formula is C19H33N3O4. The molecule has 0 saturated heterocycles. The normalized spacial score (nSPS) is 12.1. The van der Waals surface area contributed by atoms with Crippen LogP contribution in [0.1, 0.15) is 40.2 Å². The zero-order valence-electron chi connectivity index (χ0n) is 16.8. The van der Waals surface area contributed by atoms with Gasteiger partial charge in [-0.3, -0.25) is 9.59 Å². The van der Waals surface area contributed by atoms with Gasteiger partial charge < -0.3 is 25.0 Å². The third kappa shape index (κ3) is 8.38. The number of nitrogens with one attached hydrogen (secondary N) is 2. The minimum absolute atomic E-state index is 0.0509. The summed E-state index contributed by atoms with van der Waals surface area (Å²) in [5, 5.41) is 15.4. The summed E-state index contributed by atoms with van der Waals surface area (Å²) in [6, 6.07) is 1.62. The molecule has 148 valence electrons. The number of carbonyl (C=O) groups excluding carboxylic acids is 2. The summed E-state index contributed by atoms with van der Waals surface area (Å²) >= 11 is 0. The standard InChI is InChI=1S/C19H33N3O4/c1-14-7-17(25)22(8-14)9-16(24)21-11-19(5,6)13-26-12-18(3,4)10-20-15(2)23/h7-8,25H,9-13H2,1-6H3,(H,20,23)(H,21,24). The highest BCUT2D eigenvalue weighted by Gasteiger charge is 2.23. The lowest BCUT2D eigenvalue weighted by Crippen LogP contribution is -2.40. The highest BCUT2D eigenvalue weighted by Crippen LogP contribution is 2.19. The molecule has 0 bridgehead atoms. The molecule has 0 fully saturated rings. The first-order valence-corrected chi connectivity index (χ1v) is 8.85. The maximum atomic E-state index is 12.1. The van der Waals surface area contributed by atoms with Gasteiger partial charge in [-0.2, -0.15) is 0 Å². The molecule has 1 rings (SSSR count). The third-order valence-electron chi connectivity index (χ3n) is 3.89. The lowest BCUT2D eigenvalue weighted by atomic mass is 9.93. The van der Waals surface area contributed by atoms with Gasteiger partial charge >= 0.3 is 0 Å². The molecule has 1 aromatic rings. The maximum Gasteiger partial charge on any atom is 0.240 e. The average Bonchev–Trinajstić information content (AvgIpc) is 2.81. The zero-order valence-corrected chi connectivity index (χ0v) is 16.8. The maximum absolute atomic E-state index is 12.1. The van der Waals surface area contributed by atoms with Gasteiger partial charge in [0.25, 0.3) is 0 Å². The predicted octanol–water partition coefficient (Wildman–Crippen LogP) is 1.82. The quantitative estimate of drug-likeness (QED) is 0.588. The van der Waals surface area contributed by atoms with E-state index in [4.69, 9.17) is 4.74 Å². The molecule has 1 heterocycles. The zero-order chi connectivity index (χ0) is 20.0. The van der Waals surface area contributed by atoms with Crippen molar-refractivity contribution in [2.45, 2.75) is 48.1 Å². The predicted molar refractivity (Wildman–Crippen MR) is 101 cm³/mol. The van der Waals surface area contributed by atoms with Crippen molar-refractivity contribution in [2.24, 2.45) is 10.8 Å². The smallest absolute Gasteiger partial charge is 0.240 e. The number of aromatic hydroxyl groups is 1. The van der Waals surface area contributed by atoms with Gasteiger partial charge in [0.2, 0.25) is 11.8 Å². The second-order valence-electron chi connectivity index (χ2n) is 8.51. The molecule has 2 amide bonds. The minimum Gasteiger partial charge on any atom is -0.494 e. The summed E-state index contributed by atoms with van der Waals surface area (Å²) in [5.41, 5.74) is 0.523. The van der Waals surface area contributed by atoms with Crippen LogP contribution >= 0.6 is 0 Å². The lowest BCUT2D eigenvalue weighted by Gasteiger charge is -2.29. The molecule has 0 atom stereocenters. The van der Waals surface area contributed by atoms with Crippen LogP contribution in [-0.2, 0) is 20.9 Å². The fourth-order valence-electron chi connectivity index (χ4n) is 2.38.